The van der Waals surface area contributed by atoms with Crippen LogP contribution in [-0.4, -0.2) is 29.1 Å². The molecule has 4 N–H and O–H groups in total. The van der Waals surface area contributed by atoms with Gasteiger partial charge in [-0.15, -0.1) is 5.10 Å². The highest BCUT2D eigenvalue weighted by molar-refractivity contribution is 6.30. The summed E-state index contributed by atoms with van der Waals surface area (Å²) < 4.78 is 7.06. The lowest BCUT2D eigenvalue weighted by Gasteiger charge is -2.09. The van der Waals surface area contributed by atoms with Crippen LogP contribution in [0.25, 0.3) is 0 Å². The molecule has 0 saturated carbocycles. The average Bonchev–Trinajstić information content (AvgIpc) is 2.84. The Morgan fingerprint density at radius 3 is 2.90 bits per heavy atom. The third-order valence-corrected chi connectivity index (χ3v) is 2.81. The molecule has 0 atom stereocenters. The number of nitrogens with two attached hydrogens (primary N) is 2. The SMILES string of the molecule is COc1ccc(C=NN=C(N)N)cc1Cn1cc(Cl)cn1. The standard InChI is InChI=1S/C13H15ClN6O/c1-21-12-3-2-9(5-17-19-13(15)16)4-10(12)7-20-8-11(14)6-18-20/h2-6,8H,7H2,1H3,(H4,15,16,19). The number of hydrogen-bond acceptors (Lipinski definition) is 4. The molecule has 0 bridgehead atoms. The molecule has 8 heteroatoms. The van der Waals surface area contributed by atoms with Gasteiger partial charge in [-0.25, -0.2) is 0 Å². The number of guanidine groups is 1. The van der Waals surface area contributed by atoms with Crippen molar-refractivity contribution in [1.82, 2.24) is 9.78 Å². The van der Waals surface area contributed by atoms with E-state index >= 15 is 0 Å². The molecule has 1 heterocycles. The molecule has 110 valence electrons. The molecule has 2 aromatic rings. The van der Waals surface area contributed by atoms with E-state index in [0.29, 0.717) is 11.6 Å². The maximum atomic E-state index is 5.86. The molecular formula is C13H15ClN6O. The largest absolute Gasteiger partial charge is 0.496 e. The van der Waals surface area contributed by atoms with Crippen LogP contribution in [0.15, 0.2) is 40.8 Å². The first-order valence-corrected chi connectivity index (χ1v) is 6.43. The van der Waals surface area contributed by atoms with Gasteiger partial charge in [-0.2, -0.15) is 10.2 Å². The van der Waals surface area contributed by atoms with Gasteiger partial charge in [0.05, 0.1) is 31.1 Å². The highest BCUT2D eigenvalue weighted by Gasteiger charge is 2.06. The quantitative estimate of drug-likeness (QED) is 0.492. The Kier molecular flexibility index (Phi) is 4.78. The van der Waals surface area contributed by atoms with Gasteiger partial charge >= 0.3 is 0 Å². The zero-order valence-corrected chi connectivity index (χ0v) is 12.2. The van der Waals surface area contributed by atoms with Crippen molar-refractivity contribution in [2.24, 2.45) is 21.7 Å². The fourth-order valence-corrected chi connectivity index (χ4v) is 1.92. The van der Waals surface area contributed by atoms with Crippen molar-refractivity contribution in [3.63, 3.8) is 0 Å². The summed E-state index contributed by atoms with van der Waals surface area (Å²) in [5.74, 6) is 0.659. The second-order valence-corrected chi connectivity index (χ2v) is 4.63. The number of aromatic nitrogens is 2. The fourth-order valence-electron chi connectivity index (χ4n) is 1.76. The monoisotopic (exact) mass is 306 g/mol. The van der Waals surface area contributed by atoms with Crippen LogP contribution in [0.2, 0.25) is 5.02 Å². The summed E-state index contributed by atoms with van der Waals surface area (Å²) in [5, 5.41) is 12.1. The third-order valence-electron chi connectivity index (χ3n) is 2.62. The smallest absolute Gasteiger partial charge is 0.211 e. The third kappa shape index (κ3) is 4.22. The highest BCUT2D eigenvalue weighted by Crippen LogP contribution is 2.21. The lowest BCUT2D eigenvalue weighted by molar-refractivity contribution is 0.407. The normalized spacial score (nSPS) is 10.8. The Hall–Kier alpha value is -2.54. The molecule has 0 fully saturated rings. The number of rotatable bonds is 5. The maximum absolute atomic E-state index is 5.86. The van der Waals surface area contributed by atoms with Crippen LogP contribution < -0.4 is 16.2 Å². The van der Waals surface area contributed by atoms with Gasteiger partial charge in [0.25, 0.3) is 0 Å². The van der Waals surface area contributed by atoms with E-state index < -0.39 is 0 Å². The minimum Gasteiger partial charge on any atom is -0.496 e. The second-order valence-electron chi connectivity index (χ2n) is 4.20. The summed E-state index contributed by atoms with van der Waals surface area (Å²) in [6.45, 7) is 0.528. The summed E-state index contributed by atoms with van der Waals surface area (Å²) in [5.41, 5.74) is 12.2. The van der Waals surface area contributed by atoms with Crippen LogP contribution in [0.3, 0.4) is 0 Å². The number of methoxy groups -OCH3 is 1. The molecule has 0 aliphatic heterocycles. The summed E-state index contributed by atoms with van der Waals surface area (Å²) in [7, 11) is 1.61. The number of ether oxygens (including phenoxy) is 1. The molecule has 0 aliphatic rings. The predicted molar refractivity (Wildman–Crippen MR) is 82.7 cm³/mol. The van der Waals surface area contributed by atoms with E-state index in [0.717, 1.165) is 16.9 Å². The molecule has 0 unspecified atom stereocenters. The average molecular weight is 307 g/mol. The van der Waals surface area contributed by atoms with Gasteiger partial charge in [0.2, 0.25) is 5.96 Å². The Morgan fingerprint density at radius 1 is 1.48 bits per heavy atom. The zero-order valence-electron chi connectivity index (χ0n) is 11.4. The van der Waals surface area contributed by atoms with E-state index in [1.807, 2.05) is 18.2 Å². The number of hydrogen-bond donors (Lipinski definition) is 2. The first-order valence-electron chi connectivity index (χ1n) is 6.05. The first-order chi connectivity index (χ1) is 10.1. The summed E-state index contributed by atoms with van der Waals surface area (Å²) >= 11 is 5.86. The van der Waals surface area contributed by atoms with Crippen molar-refractivity contribution < 1.29 is 4.74 Å². The van der Waals surface area contributed by atoms with Crippen molar-refractivity contribution in [2.75, 3.05) is 7.11 Å². The van der Waals surface area contributed by atoms with Crippen molar-refractivity contribution >= 4 is 23.8 Å². The number of halogens is 1. The van der Waals surface area contributed by atoms with Gasteiger partial charge in [-0.05, 0) is 23.8 Å². The van der Waals surface area contributed by atoms with Crippen molar-refractivity contribution in [3.05, 3.63) is 46.7 Å². The van der Waals surface area contributed by atoms with Crippen molar-refractivity contribution in [3.8, 4) is 5.75 Å². The highest BCUT2D eigenvalue weighted by atomic mass is 35.5. The van der Waals surface area contributed by atoms with E-state index in [9.17, 15) is 0 Å². The van der Waals surface area contributed by atoms with E-state index in [1.165, 1.54) is 0 Å². The molecular weight excluding hydrogens is 292 g/mol. The number of benzene rings is 1. The van der Waals surface area contributed by atoms with Crippen molar-refractivity contribution in [1.29, 1.82) is 0 Å². The molecule has 1 aromatic heterocycles. The van der Waals surface area contributed by atoms with Crippen LogP contribution in [0.5, 0.6) is 5.75 Å². The zero-order chi connectivity index (χ0) is 15.2. The van der Waals surface area contributed by atoms with Crippen LogP contribution in [0, 0.1) is 0 Å². The minimum atomic E-state index is -0.0915. The lowest BCUT2D eigenvalue weighted by atomic mass is 10.1. The summed E-state index contributed by atoms with van der Waals surface area (Å²) in [6.07, 6.45) is 4.87. The first kappa shape index (κ1) is 14.9. The van der Waals surface area contributed by atoms with E-state index in [4.69, 9.17) is 27.8 Å². The molecule has 7 nitrogen and oxygen atoms in total. The molecule has 0 saturated heterocycles. The van der Waals surface area contributed by atoms with Gasteiger partial charge in [0.15, 0.2) is 0 Å². The Bertz CT molecular complexity index is 675. The number of nitrogens with zero attached hydrogens (tertiary/aromatic N) is 4. The molecule has 1 aromatic carbocycles. The van der Waals surface area contributed by atoms with Gasteiger partial charge in [-0.3, -0.25) is 4.68 Å². The molecule has 0 amide bonds. The van der Waals surface area contributed by atoms with Gasteiger partial charge in [0, 0.05) is 11.8 Å². The van der Waals surface area contributed by atoms with Crippen LogP contribution in [-0.2, 0) is 6.54 Å². The van der Waals surface area contributed by atoms with Gasteiger partial charge < -0.3 is 16.2 Å². The van der Waals surface area contributed by atoms with Crippen LogP contribution >= 0.6 is 11.6 Å². The predicted octanol–water partition coefficient (Wildman–Crippen LogP) is 1.20. The molecule has 21 heavy (non-hydrogen) atoms. The molecule has 2 rings (SSSR count). The molecule has 0 spiro atoms. The summed E-state index contributed by atoms with van der Waals surface area (Å²) in [6, 6.07) is 5.61. The van der Waals surface area contributed by atoms with Crippen LogP contribution in [0.4, 0.5) is 0 Å². The van der Waals surface area contributed by atoms with Crippen molar-refractivity contribution in [2.45, 2.75) is 6.54 Å². The topological polar surface area (TPSA) is 104 Å². The summed E-state index contributed by atoms with van der Waals surface area (Å²) in [4.78, 5) is 0. The van der Waals surface area contributed by atoms with Gasteiger partial charge in [-0.1, -0.05) is 11.6 Å². The molecule has 0 aliphatic carbocycles. The molecule has 0 radical (unpaired) electrons. The lowest BCUT2D eigenvalue weighted by Crippen LogP contribution is -2.21. The fraction of sp³-hybridized carbons (Fsp3) is 0.154. The van der Waals surface area contributed by atoms with Crippen LogP contribution in [0.1, 0.15) is 11.1 Å². The second kappa shape index (κ2) is 6.76. The Morgan fingerprint density at radius 2 is 2.29 bits per heavy atom. The van der Waals surface area contributed by atoms with Gasteiger partial charge in [0.1, 0.15) is 5.75 Å². The van der Waals surface area contributed by atoms with E-state index in [1.54, 1.807) is 30.4 Å². The Balaban J connectivity index is 2.25. The van der Waals surface area contributed by atoms with E-state index in [2.05, 4.69) is 15.3 Å². The van der Waals surface area contributed by atoms with E-state index in [-0.39, 0.29) is 5.96 Å². The Labute approximate surface area is 126 Å². The minimum absolute atomic E-state index is 0.0915. The maximum Gasteiger partial charge on any atom is 0.211 e.